The van der Waals surface area contributed by atoms with E-state index in [1.165, 1.54) is 16.3 Å². The van der Waals surface area contributed by atoms with Gasteiger partial charge in [0.15, 0.2) is 5.16 Å². The molecule has 0 bridgehead atoms. The Kier molecular flexibility index (Phi) is 6.17. The highest BCUT2D eigenvalue weighted by atomic mass is 32.2. The average molecular weight is 438 g/mol. The molecule has 4 aromatic rings. The van der Waals surface area contributed by atoms with E-state index < -0.39 is 0 Å². The second-order valence-electron chi connectivity index (χ2n) is 7.11. The third kappa shape index (κ3) is 4.38. The van der Waals surface area contributed by atoms with Crippen molar-refractivity contribution in [1.29, 1.82) is 0 Å². The maximum Gasteiger partial charge on any atom is 0.263 e. The number of hydrogen-bond donors (Lipinski definition) is 1. The number of nitrogens with zero attached hydrogens (tertiary/aromatic N) is 6. The number of para-hydroxylation sites is 1. The van der Waals surface area contributed by atoms with Gasteiger partial charge in [0.2, 0.25) is 11.7 Å². The molecular weight excluding hydrogens is 414 g/mol. The van der Waals surface area contributed by atoms with Crippen molar-refractivity contribution in [2.75, 3.05) is 12.3 Å². The Morgan fingerprint density at radius 2 is 2.13 bits per heavy atom. The second kappa shape index (κ2) is 9.17. The van der Waals surface area contributed by atoms with Crippen molar-refractivity contribution in [2.45, 2.75) is 31.6 Å². The largest absolute Gasteiger partial charge is 0.355 e. The summed E-state index contributed by atoms with van der Waals surface area (Å²) in [5, 5.41) is 16.7. The second-order valence-corrected chi connectivity index (χ2v) is 8.06. The number of allylic oxidation sites excluding steroid dienone is 1. The van der Waals surface area contributed by atoms with Crippen LogP contribution in [0.5, 0.6) is 0 Å². The van der Waals surface area contributed by atoms with Crippen LogP contribution in [0, 0.1) is 6.92 Å². The normalized spacial score (nSPS) is 11.3. The van der Waals surface area contributed by atoms with Crippen molar-refractivity contribution in [3.63, 3.8) is 0 Å². The molecule has 31 heavy (non-hydrogen) atoms. The molecule has 0 spiro atoms. The Labute approximate surface area is 182 Å². The van der Waals surface area contributed by atoms with Gasteiger partial charge in [-0.05, 0) is 31.0 Å². The smallest absolute Gasteiger partial charge is 0.263 e. The highest BCUT2D eigenvalue weighted by Gasteiger charge is 2.17. The van der Waals surface area contributed by atoms with Crippen molar-refractivity contribution in [2.24, 2.45) is 0 Å². The van der Waals surface area contributed by atoms with Crippen molar-refractivity contribution < 1.29 is 4.79 Å². The Bertz CT molecular complexity index is 1300. The number of amides is 1. The zero-order valence-corrected chi connectivity index (χ0v) is 18.0. The van der Waals surface area contributed by atoms with Gasteiger partial charge in [-0.25, -0.2) is 0 Å². The lowest BCUT2D eigenvalue weighted by Gasteiger charge is -2.09. The summed E-state index contributed by atoms with van der Waals surface area (Å²) in [6.45, 7) is 7.37. The summed E-state index contributed by atoms with van der Waals surface area (Å²) in [7, 11) is 0. The van der Waals surface area contributed by atoms with Crippen LogP contribution in [0.15, 0.2) is 59.3 Å². The predicted molar refractivity (Wildman–Crippen MR) is 120 cm³/mol. The molecule has 0 atom stereocenters. The van der Waals surface area contributed by atoms with E-state index in [0.29, 0.717) is 34.9 Å². The number of aromatic nitrogens is 6. The van der Waals surface area contributed by atoms with Crippen LogP contribution in [0.3, 0.4) is 0 Å². The molecule has 9 nitrogen and oxygen atoms in total. The first-order chi connectivity index (χ1) is 15.1. The molecule has 0 unspecified atom stereocenters. The fourth-order valence-electron chi connectivity index (χ4n) is 3.36. The first-order valence-corrected chi connectivity index (χ1v) is 10.9. The number of fused-ring (bicyclic) bond motifs is 3. The molecule has 0 aliphatic heterocycles. The summed E-state index contributed by atoms with van der Waals surface area (Å²) >= 11 is 1.29. The van der Waals surface area contributed by atoms with Gasteiger partial charge in [-0.1, -0.05) is 30.0 Å². The van der Waals surface area contributed by atoms with Crippen LogP contribution in [0.2, 0.25) is 0 Å². The van der Waals surface area contributed by atoms with Crippen LogP contribution in [0.4, 0.5) is 0 Å². The summed E-state index contributed by atoms with van der Waals surface area (Å²) in [6, 6.07) is 7.32. The van der Waals surface area contributed by atoms with Crippen LogP contribution in [-0.4, -0.2) is 47.2 Å². The molecule has 10 heteroatoms. The van der Waals surface area contributed by atoms with Gasteiger partial charge in [0, 0.05) is 25.8 Å². The van der Waals surface area contributed by atoms with E-state index in [9.17, 15) is 9.59 Å². The lowest BCUT2D eigenvalue weighted by molar-refractivity contribution is -0.118. The van der Waals surface area contributed by atoms with Crippen LogP contribution in [0.25, 0.3) is 16.7 Å². The number of carbonyl (C=O) groups excluding carboxylic acids is 1. The molecule has 0 fully saturated rings. The number of aryl methyl sites for hydroxylation is 2. The molecule has 1 amide bonds. The first-order valence-electron chi connectivity index (χ1n) is 9.94. The highest BCUT2D eigenvalue weighted by molar-refractivity contribution is 7.99. The van der Waals surface area contributed by atoms with E-state index in [1.54, 1.807) is 12.1 Å². The molecule has 1 aromatic carbocycles. The Morgan fingerprint density at radius 3 is 2.90 bits per heavy atom. The van der Waals surface area contributed by atoms with Crippen LogP contribution >= 0.6 is 11.8 Å². The molecule has 0 saturated carbocycles. The first kappa shape index (κ1) is 20.9. The number of benzene rings is 1. The van der Waals surface area contributed by atoms with Crippen LogP contribution in [-0.2, 0) is 17.9 Å². The monoisotopic (exact) mass is 437 g/mol. The molecule has 4 rings (SSSR count). The van der Waals surface area contributed by atoms with E-state index in [-0.39, 0.29) is 17.2 Å². The molecule has 1 N–H and O–H groups in total. The third-order valence-electron chi connectivity index (χ3n) is 4.77. The van der Waals surface area contributed by atoms with E-state index in [2.05, 4.69) is 27.2 Å². The Morgan fingerprint density at radius 1 is 1.29 bits per heavy atom. The standard InChI is InChI=1S/C21H23N7O2S/c1-3-10-27-19(30)16-7-4-5-8-17(16)28-20(27)24-25-21(28)31-14-18(29)22-9-6-11-26-13-15(2)12-23-26/h3-5,7-8,12-13H,1,6,9-11,14H2,2H3,(H,22,29). The molecule has 3 heterocycles. The molecular formula is C21H23N7O2S. The molecule has 0 aliphatic rings. The highest BCUT2D eigenvalue weighted by Crippen LogP contribution is 2.21. The number of thioether (sulfide) groups is 1. The number of hydrogen-bond acceptors (Lipinski definition) is 6. The van der Waals surface area contributed by atoms with E-state index in [4.69, 9.17) is 0 Å². The minimum Gasteiger partial charge on any atom is -0.355 e. The molecule has 0 radical (unpaired) electrons. The van der Waals surface area contributed by atoms with Gasteiger partial charge in [0.05, 0.1) is 22.9 Å². The van der Waals surface area contributed by atoms with Crippen molar-refractivity contribution in [3.8, 4) is 0 Å². The summed E-state index contributed by atoms with van der Waals surface area (Å²) < 4.78 is 5.22. The van der Waals surface area contributed by atoms with Gasteiger partial charge < -0.3 is 5.32 Å². The van der Waals surface area contributed by atoms with Crippen LogP contribution < -0.4 is 10.9 Å². The molecule has 3 aromatic heterocycles. The summed E-state index contributed by atoms with van der Waals surface area (Å²) in [5.74, 6) is 0.555. The average Bonchev–Trinajstić information content (AvgIpc) is 3.39. The summed E-state index contributed by atoms with van der Waals surface area (Å²) in [5.41, 5.74) is 1.69. The van der Waals surface area contributed by atoms with Crippen molar-refractivity contribution >= 4 is 34.3 Å². The van der Waals surface area contributed by atoms with Gasteiger partial charge in [0.1, 0.15) is 0 Å². The number of rotatable bonds is 9. The molecule has 0 aliphatic carbocycles. The van der Waals surface area contributed by atoms with E-state index >= 15 is 0 Å². The van der Waals surface area contributed by atoms with E-state index in [1.807, 2.05) is 46.6 Å². The van der Waals surface area contributed by atoms with Gasteiger partial charge in [-0.2, -0.15) is 5.10 Å². The van der Waals surface area contributed by atoms with Gasteiger partial charge in [-0.15, -0.1) is 16.8 Å². The van der Waals surface area contributed by atoms with Crippen molar-refractivity contribution in [3.05, 3.63) is 65.2 Å². The SMILES string of the molecule is C=CCn1c(=O)c2ccccc2n2c(SCC(=O)NCCCn3cc(C)cn3)nnc12. The van der Waals surface area contributed by atoms with Crippen molar-refractivity contribution in [1.82, 2.24) is 34.3 Å². The zero-order chi connectivity index (χ0) is 21.8. The van der Waals surface area contributed by atoms with Crippen LogP contribution in [0.1, 0.15) is 12.0 Å². The molecule has 0 saturated heterocycles. The minimum absolute atomic E-state index is 0.0814. The zero-order valence-electron chi connectivity index (χ0n) is 17.2. The number of nitrogens with one attached hydrogen (secondary N) is 1. The Balaban J connectivity index is 1.45. The van der Waals surface area contributed by atoms with Gasteiger partial charge >= 0.3 is 0 Å². The maximum atomic E-state index is 12.8. The fraction of sp³-hybridized carbons (Fsp3) is 0.286. The lowest BCUT2D eigenvalue weighted by atomic mass is 10.2. The third-order valence-corrected chi connectivity index (χ3v) is 5.70. The number of carbonyl (C=O) groups is 1. The van der Waals surface area contributed by atoms with E-state index in [0.717, 1.165) is 18.5 Å². The topological polar surface area (TPSA) is 99.1 Å². The van der Waals surface area contributed by atoms with Gasteiger partial charge in [-0.3, -0.25) is 23.2 Å². The summed E-state index contributed by atoms with van der Waals surface area (Å²) in [4.78, 5) is 25.1. The fourth-order valence-corrected chi connectivity index (χ4v) is 4.13. The maximum absolute atomic E-state index is 12.8. The quantitative estimate of drug-likeness (QED) is 0.244. The minimum atomic E-state index is -0.142. The van der Waals surface area contributed by atoms with Gasteiger partial charge in [0.25, 0.3) is 5.56 Å². The molecule has 160 valence electrons. The Hall–Kier alpha value is -3.40. The predicted octanol–water partition coefficient (Wildman–Crippen LogP) is 2.03. The lowest BCUT2D eigenvalue weighted by Crippen LogP contribution is -2.27. The summed E-state index contributed by atoms with van der Waals surface area (Å²) in [6.07, 6.45) is 6.24.